The molecule has 0 aliphatic rings. The summed E-state index contributed by atoms with van der Waals surface area (Å²) in [6.07, 6.45) is 3.31. The molecule has 0 heterocycles. The van der Waals surface area contributed by atoms with E-state index in [2.05, 4.69) is 11.3 Å². The lowest BCUT2D eigenvalue weighted by Gasteiger charge is -2.03. The summed E-state index contributed by atoms with van der Waals surface area (Å²) in [6, 6.07) is 0. The van der Waals surface area contributed by atoms with Gasteiger partial charge in [-0.25, -0.2) is 4.79 Å². The van der Waals surface area contributed by atoms with Crippen molar-refractivity contribution < 1.29 is 14.3 Å². The zero-order valence-electron chi connectivity index (χ0n) is 7.50. The molecule has 12 heavy (non-hydrogen) atoms. The summed E-state index contributed by atoms with van der Waals surface area (Å²) >= 11 is 0. The molecular weight excluding hydrogens is 156 g/mol. The summed E-state index contributed by atoms with van der Waals surface area (Å²) in [5.41, 5.74) is 0.527. The molecule has 0 aromatic rings. The van der Waals surface area contributed by atoms with E-state index >= 15 is 0 Å². The molecule has 0 aliphatic heterocycles. The van der Waals surface area contributed by atoms with Gasteiger partial charge >= 0.3 is 5.97 Å². The highest BCUT2D eigenvalue weighted by Gasteiger charge is 2.06. The summed E-state index contributed by atoms with van der Waals surface area (Å²) in [5, 5.41) is 0. The molecule has 0 radical (unpaired) electrons. The normalized spacial score (nSPS) is 11.0. The van der Waals surface area contributed by atoms with Gasteiger partial charge in [0.2, 0.25) is 0 Å². The van der Waals surface area contributed by atoms with Crippen molar-refractivity contribution in [3.63, 3.8) is 0 Å². The van der Waals surface area contributed by atoms with Crippen molar-refractivity contribution >= 4 is 5.97 Å². The van der Waals surface area contributed by atoms with Gasteiger partial charge in [-0.15, -0.1) is 6.58 Å². The van der Waals surface area contributed by atoms with Crippen LogP contribution in [0.4, 0.5) is 0 Å². The molecule has 0 atom stereocenters. The van der Waals surface area contributed by atoms with Crippen LogP contribution in [-0.4, -0.2) is 26.3 Å². The molecule has 0 saturated carbocycles. The third-order valence-electron chi connectivity index (χ3n) is 1.29. The smallest absolute Gasteiger partial charge is 0.335 e. The molecule has 0 N–H and O–H groups in total. The van der Waals surface area contributed by atoms with E-state index < -0.39 is 0 Å². The van der Waals surface area contributed by atoms with Gasteiger partial charge in [0.25, 0.3) is 0 Å². The maximum Gasteiger partial charge on any atom is 0.335 e. The Hall–Kier alpha value is -1.09. The lowest BCUT2D eigenvalue weighted by Crippen LogP contribution is -2.10. The molecule has 0 saturated heterocycles. The maximum atomic E-state index is 10.9. The van der Waals surface area contributed by atoms with Crippen LogP contribution in [-0.2, 0) is 14.3 Å². The van der Waals surface area contributed by atoms with E-state index in [1.54, 1.807) is 19.1 Å². The molecule has 68 valence electrons. The Balaban J connectivity index is 3.85. The molecule has 3 nitrogen and oxygen atoms in total. The van der Waals surface area contributed by atoms with Gasteiger partial charge in [0, 0.05) is 0 Å². The molecular formula is C9H14O3. The lowest BCUT2D eigenvalue weighted by atomic mass is 10.3. The number of esters is 1. The van der Waals surface area contributed by atoms with E-state index in [1.807, 2.05) is 0 Å². The quantitative estimate of drug-likeness (QED) is 0.270. The van der Waals surface area contributed by atoms with Gasteiger partial charge in [-0.2, -0.15) is 0 Å². The average Bonchev–Trinajstić information content (AvgIpc) is 2.11. The van der Waals surface area contributed by atoms with Gasteiger partial charge in [-0.05, 0) is 6.92 Å². The van der Waals surface area contributed by atoms with Crippen LogP contribution in [0.1, 0.15) is 6.92 Å². The Morgan fingerprint density at radius 2 is 2.25 bits per heavy atom. The van der Waals surface area contributed by atoms with Crippen molar-refractivity contribution in [2.75, 3.05) is 20.3 Å². The standard InChI is InChI=1S/C9H14O3/c1-4-6-12-7-8(5-2)9(10)11-3/h4-5H,1,6-7H2,2-3H3. The average molecular weight is 170 g/mol. The number of methoxy groups -OCH3 is 1. The van der Waals surface area contributed by atoms with Gasteiger partial charge in [0.15, 0.2) is 0 Å². The molecule has 0 rings (SSSR count). The van der Waals surface area contributed by atoms with Crippen molar-refractivity contribution in [2.24, 2.45) is 0 Å². The fraction of sp³-hybridized carbons (Fsp3) is 0.444. The molecule has 0 fully saturated rings. The first-order valence-electron chi connectivity index (χ1n) is 3.68. The topological polar surface area (TPSA) is 35.5 Å². The Morgan fingerprint density at radius 3 is 2.67 bits per heavy atom. The molecule has 0 aromatic carbocycles. The Kier molecular flexibility index (Phi) is 6.01. The SMILES string of the molecule is C=CCOCC(=CC)C(=O)OC. The van der Waals surface area contributed by atoms with E-state index in [-0.39, 0.29) is 12.6 Å². The zero-order chi connectivity index (χ0) is 9.40. The molecule has 0 unspecified atom stereocenters. The Labute approximate surface area is 72.7 Å². The first-order valence-corrected chi connectivity index (χ1v) is 3.68. The highest BCUT2D eigenvalue weighted by atomic mass is 16.5. The minimum atomic E-state index is -0.346. The van der Waals surface area contributed by atoms with Crippen LogP contribution >= 0.6 is 0 Å². The fourth-order valence-electron chi connectivity index (χ4n) is 0.643. The van der Waals surface area contributed by atoms with Crippen LogP contribution in [0.25, 0.3) is 0 Å². The molecule has 0 amide bonds. The second-order valence-corrected chi connectivity index (χ2v) is 2.11. The summed E-state index contributed by atoms with van der Waals surface area (Å²) in [7, 11) is 1.35. The predicted molar refractivity (Wildman–Crippen MR) is 46.8 cm³/mol. The van der Waals surface area contributed by atoms with Gasteiger partial charge in [0.05, 0.1) is 25.9 Å². The van der Waals surface area contributed by atoms with Crippen LogP contribution in [0.5, 0.6) is 0 Å². The van der Waals surface area contributed by atoms with Crippen LogP contribution in [0.2, 0.25) is 0 Å². The van der Waals surface area contributed by atoms with Crippen molar-refractivity contribution in [1.29, 1.82) is 0 Å². The third-order valence-corrected chi connectivity index (χ3v) is 1.29. The number of carbonyl (C=O) groups is 1. The number of hydrogen-bond acceptors (Lipinski definition) is 3. The van der Waals surface area contributed by atoms with Gasteiger partial charge in [0.1, 0.15) is 0 Å². The maximum absolute atomic E-state index is 10.9. The highest BCUT2D eigenvalue weighted by molar-refractivity contribution is 5.88. The second-order valence-electron chi connectivity index (χ2n) is 2.11. The summed E-state index contributed by atoms with van der Waals surface area (Å²) in [6.45, 7) is 5.97. The van der Waals surface area contributed by atoms with E-state index in [0.29, 0.717) is 12.2 Å². The van der Waals surface area contributed by atoms with Crippen LogP contribution in [0.3, 0.4) is 0 Å². The van der Waals surface area contributed by atoms with Gasteiger partial charge in [-0.1, -0.05) is 12.2 Å². The molecule has 0 spiro atoms. The summed E-state index contributed by atoms with van der Waals surface area (Å²) < 4.78 is 9.59. The summed E-state index contributed by atoms with van der Waals surface area (Å²) in [5.74, 6) is -0.346. The number of allylic oxidation sites excluding steroid dienone is 1. The number of rotatable bonds is 5. The minimum Gasteiger partial charge on any atom is -0.466 e. The molecule has 3 heteroatoms. The second kappa shape index (κ2) is 6.61. The zero-order valence-corrected chi connectivity index (χ0v) is 7.50. The molecule has 0 bridgehead atoms. The lowest BCUT2D eigenvalue weighted by molar-refractivity contribution is -0.136. The Morgan fingerprint density at radius 1 is 1.58 bits per heavy atom. The minimum absolute atomic E-state index is 0.273. The van der Waals surface area contributed by atoms with Crippen LogP contribution in [0, 0.1) is 0 Å². The highest BCUT2D eigenvalue weighted by Crippen LogP contribution is 1.97. The van der Waals surface area contributed by atoms with E-state index in [0.717, 1.165) is 0 Å². The van der Waals surface area contributed by atoms with Crippen molar-refractivity contribution in [1.82, 2.24) is 0 Å². The Bertz CT molecular complexity index is 182. The fourth-order valence-corrected chi connectivity index (χ4v) is 0.643. The number of carbonyl (C=O) groups excluding carboxylic acids is 1. The van der Waals surface area contributed by atoms with Crippen LogP contribution < -0.4 is 0 Å². The van der Waals surface area contributed by atoms with Crippen molar-refractivity contribution in [2.45, 2.75) is 6.92 Å². The van der Waals surface area contributed by atoms with Crippen molar-refractivity contribution in [3.05, 3.63) is 24.3 Å². The molecule has 0 aromatic heterocycles. The van der Waals surface area contributed by atoms with Crippen molar-refractivity contribution in [3.8, 4) is 0 Å². The van der Waals surface area contributed by atoms with E-state index in [1.165, 1.54) is 7.11 Å². The first kappa shape index (κ1) is 10.9. The van der Waals surface area contributed by atoms with E-state index in [4.69, 9.17) is 4.74 Å². The number of hydrogen-bond donors (Lipinski definition) is 0. The summed E-state index contributed by atoms with van der Waals surface area (Å²) in [4.78, 5) is 10.9. The van der Waals surface area contributed by atoms with Gasteiger partial charge < -0.3 is 9.47 Å². The monoisotopic (exact) mass is 170 g/mol. The predicted octanol–water partition coefficient (Wildman–Crippen LogP) is 1.31. The van der Waals surface area contributed by atoms with Crippen LogP contribution in [0.15, 0.2) is 24.3 Å². The first-order chi connectivity index (χ1) is 5.76. The third kappa shape index (κ3) is 3.93. The van der Waals surface area contributed by atoms with E-state index in [9.17, 15) is 4.79 Å². The molecule has 0 aliphatic carbocycles. The largest absolute Gasteiger partial charge is 0.466 e. The van der Waals surface area contributed by atoms with Gasteiger partial charge in [-0.3, -0.25) is 0 Å². The number of ether oxygens (including phenoxy) is 2.